The molecule has 3 rings (SSSR count). The molecule has 1 aromatic carbocycles. The third-order valence-corrected chi connectivity index (χ3v) is 4.99. The molecule has 0 aliphatic heterocycles. The molecule has 130 valence electrons. The Morgan fingerprint density at radius 2 is 2.00 bits per heavy atom. The Bertz CT molecular complexity index is 878. The number of rotatable bonds is 6. The summed E-state index contributed by atoms with van der Waals surface area (Å²) in [7, 11) is 0. The number of nitrogens with zero attached hydrogens (tertiary/aromatic N) is 5. The second-order valence-electron chi connectivity index (χ2n) is 5.45. The molecule has 0 aliphatic rings. The van der Waals surface area contributed by atoms with Gasteiger partial charge in [0.15, 0.2) is 11.2 Å². The van der Waals surface area contributed by atoms with Crippen molar-refractivity contribution in [1.29, 1.82) is 0 Å². The smallest absolute Gasteiger partial charge is 0.319 e. The lowest BCUT2D eigenvalue weighted by atomic mass is 10.2. The molecule has 0 unspecified atom stereocenters. The highest BCUT2D eigenvalue weighted by atomic mass is 32.2. The van der Waals surface area contributed by atoms with Gasteiger partial charge in [-0.2, -0.15) is 4.68 Å². The van der Waals surface area contributed by atoms with Crippen LogP contribution >= 0.6 is 11.8 Å². The highest BCUT2D eigenvalue weighted by molar-refractivity contribution is 8.00. The number of aromatic nitrogens is 5. The largest absolute Gasteiger partial charge is 0.465 e. The van der Waals surface area contributed by atoms with Gasteiger partial charge in [0, 0.05) is 0 Å². The van der Waals surface area contributed by atoms with E-state index in [2.05, 4.69) is 20.3 Å². The Balaban J connectivity index is 1.95. The van der Waals surface area contributed by atoms with E-state index >= 15 is 0 Å². The number of hydrogen-bond donors (Lipinski definition) is 0. The van der Waals surface area contributed by atoms with E-state index in [1.807, 2.05) is 38.1 Å². The number of carbonyl (C=O) groups is 1. The average Bonchev–Trinajstić information content (AvgIpc) is 3.05. The van der Waals surface area contributed by atoms with Crippen molar-refractivity contribution in [2.45, 2.75) is 37.5 Å². The van der Waals surface area contributed by atoms with Gasteiger partial charge in [-0.15, -0.1) is 5.10 Å². The van der Waals surface area contributed by atoms with Crippen molar-refractivity contribution in [2.75, 3.05) is 6.61 Å². The van der Waals surface area contributed by atoms with Crippen molar-refractivity contribution in [1.82, 2.24) is 25.0 Å². The topological polar surface area (TPSA) is 82.8 Å². The fourth-order valence-corrected chi connectivity index (χ4v) is 3.29. The van der Waals surface area contributed by atoms with Crippen LogP contribution in [0.3, 0.4) is 0 Å². The van der Waals surface area contributed by atoms with Crippen LogP contribution in [0.25, 0.3) is 16.9 Å². The van der Waals surface area contributed by atoms with Gasteiger partial charge in [0.05, 0.1) is 12.3 Å². The van der Waals surface area contributed by atoms with Crippen molar-refractivity contribution >= 4 is 28.9 Å². The zero-order chi connectivity index (χ0) is 17.8. The van der Waals surface area contributed by atoms with Crippen LogP contribution in [0.5, 0.6) is 0 Å². The maximum atomic E-state index is 12.0. The number of fused-ring (bicyclic) bond motifs is 1. The zero-order valence-electron chi connectivity index (χ0n) is 14.3. The summed E-state index contributed by atoms with van der Waals surface area (Å²) in [6, 6.07) is 7.94. The molecule has 0 aliphatic carbocycles. The van der Waals surface area contributed by atoms with Crippen LogP contribution in [-0.4, -0.2) is 42.8 Å². The lowest BCUT2D eigenvalue weighted by molar-refractivity contribution is -0.142. The molecule has 0 bridgehead atoms. The maximum absolute atomic E-state index is 12.0. The number of esters is 1. The molecule has 2 heterocycles. The summed E-state index contributed by atoms with van der Waals surface area (Å²) < 4.78 is 6.79. The molecular formula is C17H19N5O2S. The summed E-state index contributed by atoms with van der Waals surface area (Å²) in [5.74, 6) is -0.243. The molecule has 8 heteroatoms. The normalized spacial score (nSPS) is 12.3. The first-order valence-corrected chi connectivity index (χ1v) is 8.98. The molecule has 1 atom stereocenters. The van der Waals surface area contributed by atoms with E-state index in [1.54, 1.807) is 11.6 Å². The summed E-state index contributed by atoms with van der Waals surface area (Å²) >= 11 is 1.34. The van der Waals surface area contributed by atoms with Gasteiger partial charge >= 0.3 is 5.97 Å². The molecule has 3 aromatic rings. The van der Waals surface area contributed by atoms with Crippen molar-refractivity contribution < 1.29 is 9.53 Å². The highest BCUT2D eigenvalue weighted by Gasteiger charge is 2.23. The molecule has 7 nitrogen and oxygen atoms in total. The van der Waals surface area contributed by atoms with Crippen molar-refractivity contribution in [3.8, 4) is 5.69 Å². The molecule has 0 saturated heterocycles. The quantitative estimate of drug-likeness (QED) is 0.381. The minimum Gasteiger partial charge on any atom is -0.465 e. The van der Waals surface area contributed by atoms with Crippen molar-refractivity contribution in [2.24, 2.45) is 0 Å². The average molecular weight is 357 g/mol. The van der Waals surface area contributed by atoms with Crippen LogP contribution in [0.4, 0.5) is 0 Å². The number of aryl methyl sites for hydroxylation is 1. The van der Waals surface area contributed by atoms with Gasteiger partial charge in [-0.3, -0.25) is 4.79 Å². The van der Waals surface area contributed by atoms with Gasteiger partial charge in [-0.1, -0.05) is 41.6 Å². The zero-order valence-corrected chi connectivity index (χ0v) is 15.2. The molecule has 0 N–H and O–H groups in total. The summed E-state index contributed by atoms with van der Waals surface area (Å²) in [5.41, 5.74) is 3.23. The molecule has 0 radical (unpaired) electrons. The van der Waals surface area contributed by atoms with E-state index in [-0.39, 0.29) is 11.2 Å². The minimum atomic E-state index is -0.331. The van der Waals surface area contributed by atoms with E-state index in [0.29, 0.717) is 29.2 Å². The van der Waals surface area contributed by atoms with Gasteiger partial charge in [0.2, 0.25) is 0 Å². The summed E-state index contributed by atoms with van der Waals surface area (Å²) in [6.07, 6.45) is 2.11. The highest BCUT2D eigenvalue weighted by Crippen LogP contribution is 2.29. The van der Waals surface area contributed by atoms with Gasteiger partial charge in [0.1, 0.15) is 16.6 Å². The van der Waals surface area contributed by atoms with Crippen LogP contribution in [0, 0.1) is 6.92 Å². The Hall–Kier alpha value is -2.48. The van der Waals surface area contributed by atoms with Crippen molar-refractivity contribution in [3.63, 3.8) is 0 Å². The second kappa shape index (κ2) is 7.60. The van der Waals surface area contributed by atoms with Crippen molar-refractivity contribution in [3.05, 3.63) is 36.2 Å². The fraction of sp³-hybridized carbons (Fsp3) is 0.353. The minimum absolute atomic E-state index is 0.243. The summed E-state index contributed by atoms with van der Waals surface area (Å²) in [5, 5.41) is 8.73. The first-order valence-electron chi connectivity index (χ1n) is 8.10. The lowest BCUT2D eigenvalue weighted by Crippen LogP contribution is -2.19. The summed E-state index contributed by atoms with van der Waals surface area (Å²) in [4.78, 5) is 20.6. The van der Waals surface area contributed by atoms with E-state index < -0.39 is 0 Å². The molecule has 0 saturated carbocycles. The number of hydrogen-bond acceptors (Lipinski definition) is 7. The van der Waals surface area contributed by atoms with Crippen LogP contribution in [0.1, 0.15) is 25.8 Å². The number of thioether (sulfide) groups is 1. The van der Waals surface area contributed by atoms with E-state index in [0.717, 1.165) is 5.69 Å². The molecule has 2 aromatic heterocycles. The van der Waals surface area contributed by atoms with E-state index in [4.69, 9.17) is 4.74 Å². The third kappa shape index (κ3) is 3.63. The Kier molecular flexibility index (Phi) is 5.28. The van der Waals surface area contributed by atoms with Crippen LogP contribution < -0.4 is 0 Å². The number of benzene rings is 1. The Morgan fingerprint density at radius 3 is 2.68 bits per heavy atom. The number of ether oxygens (including phenoxy) is 1. The van der Waals surface area contributed by atoms with Crippen LogP contribution in [0.2, 0.25) is 0 Å². The predicted octanol–water partition coefficient (Wildman–Crippen LogP) is 2.95. The van der Waals surface area contributed by atoms with Gasteiger partial charge in [0.25, 0.3) is 0 Å². The molecule has 25 heavy (non-hydrogen) atoms. The van der Waals surface area contributed by atoms with E-state index in [9.17, 15) is 4.79 Å². The Labute approximate surface area is 149 Å². The predicted molar refractivity (Wildman–Crippen MR) is 95.8 cm³/mol. The molecule has 0 fully saturated rings. The Morgan fingerprint density at radius 1 is 1.24 bits per heavy atom. The van der Waals surface area contributed by atoms with Gasteiger partial charge in [-0.05, 0) is 32.4 Å². The molecule has 0 spiro atoms. The lowest BCUT2D eigenvalue weighted by Gasteiger charge is -2.12. The van der Waals surface area contributed by atoms with Crippen LogP contribution in [0.15, 0.2) is 35.6 Å². The summed E-state index contributed by atoms with van der Waals surface area (Å²) in [6.45, 7) is 6.13. The standard InChI is InChI=1S/C17H19N5O2S/c1-4-13(17(23)24-5-2)25-16-14-15(18-10-19-16)22(21-20-14)12-8-6-11(3)7-9-12/h6-10,13H,4-5H2,1-3H3/t13-/m1/s1. The SMILES string of the molecule is CCOC(=O)[C@@H](CC)Sc1ncnc2c1nnn2-c1ccc(C)cc1. The molecule has 0 amide bonds. The van der Waals surface area contributed by atoms with E-state index in [1.165, 1.54) is 23.7 Å². The van der Waals surface area contributed by atoms with Gasteiger partial charge in [-0.25, -0.2) is 9.97 Å². The molecular weight excluding hydrogens is 338 g/mol. The third-order valence-electron chi connectivity index (χ3n) is 3.66. The fourth-order valence-electron chi connectivity index (χ4n) is 2.34. The monoisotopic (exact) mass is 357 g/mol. The first-order chi connectivity index (χ1) is 12.1. The van der Waals surface area contributed by atoms with Crippen LogP contribution in [-0.2, 0) is 9.53 Å². The second-order valence-corrected chi connectivity index (χ2v) is 6.65. The maximum Gasteiger partial charge on any atom is 0.319 e. The first kappa shape index (κ1) is 17.3. The number of carbonyl (C=O) groups excluding carboxylic acids is 1. The van der Waals surface area contributed by atoms with Gasteiger partial charge < -0.3 is 4.74 Å².